The predicted molar refractivity (Wildman–Crippen MR) is 44.2 cm³/mol. The van der Waals surface area contributed by atoms with E-state index in [-0.39, 0.29) is 11.5 Å². The summed E-state index contributed by atoms with van der Waals surface area (Å²) >= 11 is 0. The normalized spacial score (nSPS) is 13.5. The van der Waals surface area contributed by atoms with Crippen molar-refractivity contribution in [1.29, 1.82) is 0 Å². The molecule has 12 heavy (non-hydrogen) atoms. The quantitative estimate of drug-likeness (QED) is 0.527. The summed E-state index contributed by atoms with van der Waals surface area (Å²) in [7, 11) is 0. The molecule has 3 heteroatoms. The van der Waals surface area contributed by atoms with Gasteiger partial charge in [0.05, 0.1) is 11.1 Å². The SMILES string of the molecule is C=C1C=c2cc(O)c(O)cc2=N1. The van der Waals surface area contributed by atoms with E-state index in [0.29, 0.717) is 11.1 Å². The van der Waals surface area contributed by atoms with Gasteiger partial charge in [0.25, 0.3) is 0 Å². The van der Waals surface area contributed by atoms with E-state index in [4.69, 9.17) is 10.2 Å². The zero-order valence-electron chi connectivity index (χ0n) is 6.28. The van der Waals surface area contributed by atoms with Gasteiger partial charge in [-0.25, -0.2) is 4.99 Å². The van der Waals surface area contributed by atoms with Crippen molar-refractivity contribution in [2.75, 3.05) is 0 Å². The van der Waals surface area contributed by atoms with E-state index in [1.165, 1.54) is 12.1 Å². The second-order valence-electron chi connectivity index (χ2n) is 2.65. The molecule has 0 saturated heterocycles. The van der Waals surface area contributed by atoms with E-state index in [1.807, 2.05) is 0 Å². The highest BCUT2D eigenvalue weighted by atomic mass is 16.3. The first-order valence-corrected chi connectivity index (χ1v) is 3.48. The van der Waals surface area contributed by atoms with Crippen LogP contribution in [0.15, 0.2) is 29.4 Å². The standard InChI is InChI=1S/C9H7NO2/c1-5-2-6-3-8(11)9(12)4-7(6)10-5/h2-4,11-12H,1H2. The molecule has 2 rings (SSSR count). The molecule has 1 aliphatic rings. The highest BCUT2D eigenvalue weighted by Crippen LogP contribution is 2.19. The monoisotopic (exact) mass is 161 g/mol. The molecule has 0 saturated carbocycles. The van der Waals surface area contributed by atoms with Gasteiger partial charge in [-0.1, -0.05) is 6.58 Å². The molecule has 3 nitrogen and oxygen atoms in total. The highest BCUT2D eigenvalue weighted by Gasteiger charge is 2.03. The van der Waals surface area contributed by atoms with Gasteiger partial charge < -0.3 is 10.2 Å². The molecule has 1 aromatic rings. The number of benzene rings is 1. The van der Waals surface area contributed by atoms with Gasteiger partial charge in [-0.2, -0.15) is 0 Å². The van der Waals surface area contributed by atoms with Crippen molar-refractivity contribution in [2.24, 2.45) is 4.99 Å². The van der Waals surface area contributed by atoms with Crippen molar-refractivity contribution in [3.8, 4) is 11.5 Å². The molecule has 0 amide bonds. The molecule has 0 atom stereocenters. The van der Waals surface area contributed by atoms with Crippen LogP contribution in [0.1, 0.15) is 0 Å². The van der Waals surface area contributed by atoms with Crippen molar-refractivity contribution in [1.82, 2.24) is 0 Å². The van der Waals surface area contributed by atoms with E-state index in [9.17, 15) is 0 Å². The molecule has 0 fully saturated rings. The summed E-state index contributed by atoms with van der Waals surface area (Å²) in [5.41, 5.74) is 0.634. The number of hydrogen-bond acceptors (Lipinski definition) is 3. The van der Waals surface area contributed by atoms with Crippen LogP contribution in [0.5, 0.6) is 11.5 Å². The molecule has 1 heterocycles. The zero-order valence-corrected chi connectivity index (χ0v) is 6.28. The van der Waals surface area contributed by atoms with Crippen LogP contribution in [-0.2, 0) is 0 Å². The number of aromatic hydroxyl groups is 2. The van der Waals surface area contributed by atoms with Crippen LogP contribution in [-0.4, -0.2) is 10.2 Å². The lowest BCUT2D eigenvalue weighted by molar-refractivity contribution is 0.402. The van der Waals surface area contributed by atoms with Gasteiger partial charge in [0, 0.05) is 11.3 Å². The van der Waals surface area contributed by atoms with Gasteiger partial charge in [0.15, 0.2) is 11.5 Å². The Morgan fingerprint density at radius 3 is 2.58 bits per heavy atom. The number of rotatable bonds is 0. The van der Waals surface area contributed by atoms with E-state index in [2.05, 4.69) is 11.6 Å². The smallest absolute Gasteiger partial charge is 0.159 e. The molecule has 0 bridgehead atoms. The van der Waals surface area contributed by atoms with Crippen LogP contribution in [0.25, 0.3) is 6.08 Å². The predicted octanol–water partition coefficient (Wildman–Crippen LogP) is 0.0252. The van der Waals surface area contributed by atoms with Gasteiger partial charge in [-0.3, -0.25) is 0 Å². The Hall–Kier alpha value is -1.77. The van der Waals surface area contributed by atoms with E-state index in [1.54, 1.807) is 6.08 Å². The fraction of sp³-hybridized carbons (Fsp3) is 0. The molecule has 0 spiro atoms. The molecule has 0 radical (unpaired) electrons. The van der Waals surface area contributed by atoms with Crippen molar-refractivity contribution >= 4 is 6.08 Å². The van der Waals surface area contributed by atoms with Crippen molar-refractivity contribution in [3.05, 3.63) is 35.0 Å². The van der Waals surface area contributed by atoms with E-state index >= 15 is 0 Å². The first-order valence-electron chi connectivity index (χ1n) is 3.48. The van der Waals surface area contributed by atoms with Crippen LogP contribution < -0.4 is 10.6 Å². The number of nitrogens with zero attached hydrogens (tertiary/aromatic N) is 1. The second-order valence-corrected chi connectivity index (χ2v) is 2.65. The first-order chi connectivity index (χ1) is 5.66. The maximum Gasteiger partial charge on any atom is 0.159 e. The van der Waals surface area contributed by atoms with E-state index in [0.717, 1.165) is 5.22 Å². The van der Waals surface area contributed by atoms with Crippen LogP contribution in [0.3, 0.4) is 0 Å². The van der Waals surface area contributed by atoms with Crippen molar-refractivity contribution < 1.29 is 10.2 Å². The van der Waals surface area contributed by atoms with Crippen LogP contribution in [0, 0.1) is 0 Å². The average molecular weight is 161 g/mol. The second kappa shape index (κ2) is 2.11. The Balaban J connectivity index is 2.89. The summed E-state index contributed by atoms with van der Waals surface area (Å²) < 4.78 is 0. The third-order valence-electron chi connectivity index (χ3n) is 1.71. The Labute approximate surface area is 68.6 Å². The lowest BCUT2D eigenvalue weighted by Gasteiger charge is -1.93. The lowest BCUT2D eigenvalue weighted by Crippen LogP contribution is -2.20. The molecule has 60 valence electrons. The summed E-state index contributed by atoms with van der Waals surface area (Å²) in [6.45, 7) is 3.64. The molecule has 1 aliphatic heterocycles. The molecule has 2 N–H and O–H groups in total. The number of phenolic OH excluding ortho intramolecular Hbond substituents is 2. The number of hydrogen-bond donors (Lipinski definition) is 2. The molecule has 0 aliphatic carbocycles. The molecule has 1 aromatic carbocycles. The fourth-order valence-corrected chi connectivity index (χ4v) is 1.16. The fourth-order valence-electron chi connectivity index (χ4n) is 1.16. The Bertz CT molecular complexity index is 431. The lowest BCUT2D eigenvalue weighted by atomic mass is 10.2. The number of allylic oxidation sites excluding steroid dienone is 1. The third kappa shape index (κ3) is 0.871. The minimum Gasteiger partial charge on any atom is -0.504 e. The molecular weight excluding hydrogens is 154 g/mol. The third-order valence-corrected chi connectivity index (χ3v) is 1.71. The number of phenols is 2. The summed E-state index contributed by atoms with van der Waals surface area (Å²) in [4.78, 5) is 4.03. The topological polar surface area (TPSA) is 52.8 Å². The maximum absolute atomic E-state index is 9.13. The molecule has 0 aromatic heterocycles. The summed E-state index contributed by atoms with van der Waals surface area (Å²) in [5, 5.41) is 19.7. The van der Waals surface area contributed by atoms with Gasteiger partial charge in [0.2, 0.25) is 0 Å². The van der Waals surface area contributed by atoms with Gasteiger partial charge in [-0.15, -0.1) is 0 Å². The first kappa shape index (κ1) is 6.91. The Morgan fingerprint density at radius 1 is 1.17 bits per heavy atom. The minimum absolute atomic E-state index is 0.130. The van der Waals surface area contributed by atoms with Crippen LogP contribution in [0.4, 0.5) is 0 Å². The van der Waals surface area contributed by atoms with Gasteiger partial charge >= 0.3 is 0 Å². The average Bonchev–Trinajstić information content (AvgIpc) is 2.30. The Morgan fingerprint density at radius 2 is 1.83 bits per heavy atom. The van der Waals surface area contributed by atoms with Crippen LogP contribution in [0.2, 0.25) is 0 Å². The number of fused-ring (bicyclic) bond motifs is 1. The maximum atomic E-state index is 9.13. The van der Waals surface area contributed by atoms with Crippen molar-refractivity contribution in [2.45, 2.75) is 0 Å². The largest absolute Gasteiger partial charge is 0.504 e. The Kier molecular flexibility index (Phi) is 1.21. The van der Waals surface area contributed by atoms with Gasteiger partial charge in [0.1, 0.15) is 0 Å². The van der Waals surface area contributed by atoms with E-state index < -0.39 is 0 Å². The molecular formula is C9H7NO2. The van der Waals surface area contributed by atoms with Gasteiger partial charge in [-0.05, 0) is 12.1 Å². The summed E-state index contributed by atoms with van der Waals surface area (Å²) in [6.07, 6.45) is 1.74. The summed E-state index contributed by atoms with van der Waals surface area (Å²) in [6, 6.07) is 2.88. The molecule has 0 unspecified atom stereocenters. The summed E-state index contributed by atoms with van der Waals surface area (Å²) in [5.74, 6) is -0.282. The van der Waals surface area contributed by atoms with Crippen molar-refractivity contribution in [3.63, 3.8) is 0 Å². The highest BCUT2D eigenvalue weighted by molar-refractivity contribution is 5.51. The zero-order chi connectivity index (χ0) is 8.72. The minimum atomic E-state index is -0.152. The van der Waals surface area contributed by atoms with Crippen LogP contribution >= 0.6 is 0 Å².